The van der Waals surface area contributed by atoms with Crippen LogP contribution in [0.4, 0.5) is 0 Å². The number of piperidine rings is 1. The molecule has 0 spiro atoms. The molecule has 0 radical (unpaired) electrons. The molecule has 1 aliphatic rings. The van der Waals surface area contributed by atoms with E-state index in [2.05, 4.69) is 0 Å². The second-order valence-electron chi connectivity index (χ2n) is 5.87. The van der Waals surface area contributed by atoms with Crippen LogP contribution in [0.25, 0.3) is 11.1 Å². The highest BCUT2D eigenvalue weighted by Gasteiger charge is 2.28. The van der Waals surface area contributed by atoms with Crippen molar-refractivity contribution in [1.29, 1.82) is 0 Å². The summed E-state index contributed by atoms with van der Waals surface area (Å²) in [6.45, 7) is 1.20. The first kappa shape index (κ1) is 15.5. The van der Waals surface area contributed by atoms with Crippen LogP contribution in [-0.2, 0) is 0 Å². The quantitative estimate of drug-likeness (QED) is 0.697. The van der Waals surface area contributed by atoms with Crippen molar-refractivity contribution in [2.45, 2.75) is 18.9 Å². The Bertz CT molecular complexity index is 945. The third kappa shape index (κ3) is 2.65. The van der Waals surface area contributed by atoms with E-state index in [-0.39, 0.29) is 11.9 Å². The number of fused-ring (bicyclic) bond motifs is 1. The smallest absolute Gasteiger partial charge is 0.408 e. The van der Waals surface area contributed by atoms with Gasteiger partial charge in [0.1, 0.15) is 0 Å². The maximum absolute atomic E-state index is 12.6. The number of oxazole rings is 1. The monoisotopic (exact) mass is 362 g/mol. The number of rotatable bonds is 2. The van der Waals surface area contributed by atoms with Crippen molar-refractivity contribution in [2.75, 3.05) is 13.1 Å². The molecule has 0 bridgehead atoms. The Hall–Kier alpha value is -2.05. The molecule has 1 fully saturated rings. The summed E-state index contributed by atoms with van der Waals surface area (Å²) in [4.78, 5) is 27.4. The van der Waals surface area contributed by atoms with Gasteiger partial charge in [-0.05, 0) is 42.5 Å². The molecule has 124 valence electrons. The molecule has 3 heterocycles. The number of likely N-dealkylation sites (tertiary alicyclic amines) is 1. The summed E-state index contributed by atoms with van der Waals surface area (Å²) in [7, 11) is 0. The summed E-state index contributed by atoms with van der Waals surface area (Å²) in [5.74, 6) is -0.378. The SMILES string of the molecule is O=C(c1cccs1)N1CCCC(n2c(=O)oc3ccc(Cl)cc32)C1. The second kappa shape index (κ2) is 6.11. The van der Waals surface area contributed by atoms with Crippen molar-refractivity contribution in [3.8, 4) is 0 Å². The van der Waals surface area contributed by atoms with Crippen LogP contribution >= 0.6 is 22.9 Å². The second-order valence-corrected chi connectivity index (χ2v) is 7.26. The van der Waals surface area contributed by atoms with Gasteiger partial charge in [-0.1, -0.05) is 17.7 Å². The van der Waals surface area contributed by atoms with Crippen molar-refractivity contribution in [2.24, 2.45) is 0 Å². The molecule has 24 heavy (non-hydrogen) atoms. The molecule has 1 saturated heterocycles. The van der Waals surface area contributed by atoms with Crippen LogP contribution < -0.4 is 5.76 Å². The fourth-order valence-corrected chi connectivity index (χ4v) is 4.12. The fraction of sp³-hybridized carbons (Fsp3) is 0.294. The minimum atomic E-state index is -0.400. The maximum Gasteiger partial charge on any atom is 0.420 e. The minimum absolute atomic E-state index is 0.0218. The van der Waals surface area contributed by atoms with Gasteiger partial charge >= 0.3 is 5.76 Å². The number of carbonyl (C=O) groups excluding carboxylic acids is 1. The van der Waals surface area contributed by atoms with Gasteiger partial charge in [-0.25, -0.2) is 4.79 Å². The van der Waals surface area contributed by atoms with Crippen LogP contribution in [-0.4, -0.2) is 28.5 Å². The zero-order valence-corrected chi connectivity index (χ0v) is 14.3. The van der Waals surface area contributed by atoms with Crippen LogP contribution in [0.1, 0.15) is 28.6 Å². The standard InChI is InChI=1S/C17H15ClN2O3S/c18-11-5-6-14-13(9-11)20(17(22)23-14)12-3-1-7-19(10-12)16(21)15-4-2-8-24-15/h2,4-6,8-9,12H,1,3,7,10H2. The first-order chi connectivity index (χ1) is 11.6. The Morgan fingerprint density at radius 1 is 1.33 bits per heavy atom. The van der Waals surface area contributed by atoms with Crippen molar-refractivity contribution in [3.05, 3.63) is 56.2 Å². The van der Waals surface area contributed by atoms with Crippen molar-refractivity contribution in [3.63, 3.8) is 0 Å². The Labute approximate surface area is 147 Å². The van der Waals surface area contributed by atoms with E-state index < -0.39 is 5.76 Å². The number of thiophene rings is 1. The van der Waals surface area contributed by atoms with E-state index in [0.717, 1.165) is 17.7 Å². The molecule has 1 atom stereocenters. The zero-order valence-electron chi connectivity index (χ0n) is 12.8. The van der Waals surface area contributed by atoms with Gasteiger partial charge in [0.15, 0.2) is 5.58 Å². The summed E-state index contributed by atoms with van der Waals surface area (Å²) >= 11 is 7.50. The van der Waals surface area contributed by atoms with Gasteiger partial charge in [0.25, 0.3) is 5.91 Å². The van der Waals surface area contributed by atoms with E-state index >= 15 is 0 Å². The number of hydrogen-bond donors (Lipinski definition) is 0. The molecule has 7 heteroatoms. The third-order valence-corrected chi connectivity index (χ3v) is 5.45. The Morgan fingerprint density at radius 2 is 2.21 bits per heavy atom. The van der Waals surface area contributed by atoms with E-state index in [9.17, 15) is 9.59 Å². The summed E-state index contributed by atoms with van der Waals surface area (Å²) < 4.78 is 6.96. The molecule has 0 aliphatic carbocycles. The number of amides is 1. The number of aromatic nitrogens is 1. The molecule has 0 N–H and O–H groups in total. The highest BCUT2D eigenvalue weighted by Crippen LogP contribution is 2.27. The number of carbonyl (C=O) groups is 1. The predicted molar refractivity (Wildman–Crippen MR) is 94.0 cm³/mol. The van der Waals surface area contributed by atoms with Crippen LogP contribution in [0.5, 0.6) is 0 Å². The van der Waals surface area contributed by atoms with Crippen molar-refractivity contribution >= 4 is 39.9 Å². The van der Waals surface area contributed by atoms with E-state index in [1.807, 2.05) is 22.4 Å². The van der Waals surface area contributed by atoms with Gasteiger partial charge in [-0.2, -0.15) is 0 Å². The normalized spacial score (nSPS) is 18.2. The highest BCUT2D eigenvalue weighted by atomic mass is 35.5. The maximum atomic E-state index is 12.6. The van der Waals surface area contributed by atoms with Gasteiger partial charge < -0.3 is 9.32 Å². The zero-order chi connectivity index (χ0) is 16.7. The van der Waals surface area contributed by atoms with Gasteiger partial charge in [0.2, 0.25) is 0 Å². The van der Waals surface area contributed by atoms with E-state index in [1.54, 1.807) is 22.8 Å². The lowest BCUT2D eigenvalue weighted by atomic mass is 10.0. The number of halogens is 1. The van der Waals surface area contributed by atoms with E-state index in [4.69, 9.17) is 16.0 Å². The molecular formula is C17H15ClN2O3S. The third-order valence-electron chi connectivity index (χ3n) is 4.36. The minimum Gasteiger partial charge on any atom is -0.408 e. The summed E-state index contributed by atoms with van der Waals surface area (Å²) in [6.07, 6.45) is 1.68. The van der Waals surface area contributed by atoms with Crippen molar-refractivity contribution < 1.29 is 9.21 Å². The average Bonchev–Trinajstić information content (AvgIpc) is 3.21. The molecule has 0 saturated carbocycles. The molecule has 1 aromatic carbocycles. The van der Waals surface area contributed by atoms with Gasteiger partial charge in [0, 0.05) is 18.1 Å². The van der Waals surface area contributed by atoms with E-state index in [0.29, 0.717) is 29.2 Å². The van der Waals surface area contributed by atoms with Crippen LogP contribution in [0.2, 0.25) is 5.02 Å². The van der Waals surface area contributed by atoms with Gasteiger partial charge in [-0.15, -0.1) is 11.3 Å². The Kier molecular flexibility index (Phi) is 3.94. The predicted octanol–water partition coefficient (Wildman–Crippen LogP) is 3.79. The molecular weight excluding hydrogens is 348 g/mol. The molecule has 3 aromatic rings. The lowest BCUT2D eigenvalue weighted by molar-refractivity contribution is 0.0682. The summed E-state index contributed by atoms with van der Waals surface area (Å²) in [5.41, 5.74) is 1.20. The van der Waals surface area contributed by atoms with E-state index in [1.165, 1.54) is 11.3 Å². The van der Waals surface area contributed by atoms with Crippen LogP contribution in [0.15, 0.2) is 44.9 Å². The van der Waals surface area contributed by atoms with Gasteiger partial charge in [-0.3, -0.25) is 9.36 Å². The lowest BCUT2D eigenvalue weighted by Gasteiger charge is -2.32. The Balaban J connectivity index is 1.67. The lowest BCUT2D eigenvalue weighted by Crippen LogP contribution is -2.42. The largest absolute Gasteiger partial charge is 0.420 e. The highest BCUT2D eigenvalue weighted by molar-refractivity contribution is 7.12. The average molecular weight is 363 g/mol. The molecule has 1 unspecified atom stereocenters. The van der Waals surface area contributed by atoms with Crippen molar-refractivity contribution in [1.82, 2.24) is 9.47 Å². The number of hydrogen-bond acceptors (Lipinski definition) is 4. The fourth-order valence-electron chi connectivity index (χ4n) is 3.26. The summed E-state index contributed by atoms with van der Waals surface area (Å²) in [5, 5.41) is 2.45. The molecule has 5 nitrogen and oxygen atoms in total. The van der Waals surface area contributed by atoms with Crippen LogP contribution in [0.3, 0.4) is 0 Å². The summed E-state index contributed by atoms with van der Waals surface area (Å²) in [6, 6.07) is 8.74. The molecule has 1 amide bonds. The topological polar surface area (TPSA) is 55.5 Å². The Morgan fingerprint density at radius 3 is 3.00 bits per heavy atom. The number of nitrogens with zero attached hydrogens (tertiary/aromatic N) is 2. The molecule has 1 aliphatic heterocycles. The first-order valence-electron chi connectivity index (χ1n) is 7.77. The van der Waals surface area contributed by atoms with Crippen LogP contribution in [0, 0.1) is 0 Å². The van der Waals surface area contributed by atoms with Gasteiger partial charge in [0.05, 0.1) is 16.4 Å². The number of benzene rings is 1. The molecule has 2 aromatic heterocycles. The molecule has 4 rings (SSSR count). The first-order valence-corrected chi connectivity index (χ1v) is 9.02.